The molecule has 0 bridgehead atoms. The molecule has 1 amide bonds. The van der Waals surface area contributed by atoms with Crippen molar-refractivity contribution in [2.75, 3.05) is 23.7 Å². The van der Waals surface area contributed by atoms with Gasteiger partial charge in [0.1, 0.15) is 23.1 Å². The van der Waals surface area contributed by atoms with E-state index < -0.39 is 75.0 Å². The lowest BCUT2D eigenvalue weighted by atomic mass is 9.95. The van der Waals surface area contributed by atoms with Crippen molar-refractivity contribution >= 4 is 46.2 Å². The number of nitrogens with zero attached hydrogens (tertiary/aromatic N) is 4. The van der Waals surface area contributed by atoms with Crippen molar-refractivity contribution in [1.82, 2.24) is 14.5 Å². The van der Waals surface area contributed by atoms with E-state index in [-0.39, 0.29) is 47.0 Å². The number of anilines is 1. The zero-order chi connectivity index (χ0) is 32.5. The lowest BCUT2D eigenvalue weighted by Gasteiger charge is -2.45. The molecule has 0 saturated carbocycles. The Morgan fingerprint density at radius 1 is 1.07 bits per heavy atom. The van der Waals surface area contributed by atoms with Gasteiger partial charge >= 0.3 is 18.0 Å². The molecule has 2 aliphatic heterocycles. The summed E-state index contributed by atoms with van der Waals surface area (Å²) in [5, 5.41) is -0.549. The number of benzene rings is 2. The Balaban J connectivity index is 1.76. The minimum Gasteiger partial charge on any atom is -0.444 e. The van der Waals surface area contributed by atoms with Gasteiger partial charge < -0.3 is 15.4 Å². The number of aromatic nitrogens is 2. The summed E-state index contributed by atoms with van der Waals surface area (Å²) >= 11 is 6.86. The fourth-order valence-electron chi connectivity index (χ4n) is 5.80. The van der Waals surface area contributed by atoms with Gasteiger partial charge in [-0.1, -0.05) is 11.6 Å². The molecule has 0 unspecified atom stereocenters. The van der Waals surface area contributed by atoms with Crippen LogP contribution < -0.4 is 16.3 Å². The third kappa shape index (κ3) is 5.95. The number of ether oxygens (including phenoxy) is 1. The summed E-state index contributed by atoms with van der Waals surface area (Å²) in [5.41, 5.74) is 2.51. The van der Waals surface area contributed by atoms with E-state index in [1.165, 1.54) is 4.57 Å². The molecule has 0 aliphatic carbocycles. The Labute approximate surface area is 259 Å². The van der Waals surface area contributed by atoms with Crippen molar-refractivity contribution < 1.29 is 31.5 Å². The summed E-state index contributed by atoms with van der Waals surface area (Å²) in [7, 11) is 0. The number of halogens is 6. The van der Waals surface area contributed by atoms with Crippen molar-refractivity contribution in [3.63, 3.8) is 0 Å². The summed E-state index contributed by atoms with van der Waals surface area (Å²) in [6, 6.07) is 0.539. The molecule has 15 heteroatoms. The van der Waals surface area contributed by atoms with Crippen LogP contribution in [0.1, 0.15) is 40.2 Å². The first-order valence-electron chi connectivity index (χ1n) is 13.9. The maximum Gasteiger partial charge on any atom is 0.417 e. The first-order valence-corrected chi connectivity index (χ1v) is 15.2. The fraction of sp³-hybridized carbons (Fsp3) is 0.483. The number of carbonyl (C=O) groups excluding carboxylic acids is 1. The fourth-order valence-corrected chi connectivity index (χ4v) is 7.17. The molecule has 2 aromatic carbocycles. The van der Waals surface area contributed by atoms with Crippen LogP contribution in [0, 0.1) is 11.6 Å². The molecule has 2 N–H and O–H groups in total. The molecule has 0 radical (unpaired) electrons. The maximum absolute atomic E-state index is 15.2. The van der Waals surface area contributed by atoms with Crippen molar-refractivity contribution in [2.24, 2.45) is 5.73 Å². The number of nitrogens with two attached hydrogens (primary N) is 1. The maximum atomic E-state index is 15.2. The largest absolute Gasteiger partial charge is 0.444 e. The number of alkyl halides is 3. The van der Waals surface area contributed by atoms with Gasteiger partial charge in [-0.3, -0.25) is 9.47 Å². The number of thioether (sulfide) groups is 1. The van der Waals surface area contributed by atoms with Crippen molar-refractivity contribution in [2.45, 2.75) is 76.0 Å². The molecule has 44 heavy (non-hydrogen) atoms. The van der Waals surface area contributed by atoms with Crippen LogP contribution in [-0.4, -0.2) is 63.1 Å². The molecule has 1 aromatic heterocycles. The normalized spacial score (nSPS) is 21.0. The Hall–Kier alpha value is -3.10. The van der Waals surface area contributed by atoms with E-state index in [0.717, 1.165) is 23.9 Å². The first-order chi connectivity index (χ1) is 20.4. The molecular formula is C29H31ClF5N5O3S. The SMILES string of the molecule is C[C@@H]1CN(c2nc(=O)n3c4c(c(-c5cc(Cl)c(F)cc5F)c(C(F)(F)F)cc24)SC[C@@H](N)C3)C[C@H](C)N1C(=O)OC(C)(C)C. The molecule has 3 heterocycles. The van der Waals surface area contributed by atoms with Crippen LogP contribution in [0.4, 0.5) is 32.6 Å². The van der Waals surface area contributed by atoms with Crippen LogP contribution in [0.25, 0.3) is 22.0 Å². The number of rotatable bonds is 2. The average molecular weight is 660 g/mol. The van der Waals surface area contributed by atoms with Gasteiger partial charge in [0.15, 0.2) is 0 Å². The second-order valence-corrected chi connectivity index (χ2v) is 13.6. The molecule has 0 spiro atoms. The van der Waals surface area contributed by atoms with Crippen molar-refractivity contribution in [3.8, 4) is 11.1 Å². The highest BCUT2D eigenvalue weighted by Crippen LogP contribution is 2.49. The van der Waals surface area contributed by atoms with E-state index in [9.17, 15) is 27.2 Å². The molecule has 3 aromatic rings. The van der Waals surface area contributed by atoms with Crippen LogP contribution >= 0.6 is 23.4 Å². The Morgan fingerprint density at radius 3 is 2.30 bits per heavy atom. The highest BCUT2D eigenvalue weighted by Gasteiger charge is 2.41. The Kier molecular flexibility index (Phi) is 8.34. The molecule has 1 saturated heterocycles. The second-order valence-electron chi connectivity index (χ2n) is 12.2. The van der Waals surface area contributed by atoms with Crippen LogP contribution in [0.5, 0.6) is 0 Å². The highest BCUT2D eigenvalue weighted by molar-refractivity contribution is 7.99. The van der Waals surface area contributed by atoms with Crippen LogP contribution in [0.3, 0.4) is 0 Å². The topological polar surface area (TPSA) is 93.7 Å². The van der Waals surface area contributed by atoms with Gasteiger partial charge in [-0.25, -0.2) is 18.4 Å². The summed E-state index contributed by atoms with van der Waals surface area (Å²) in [4.78, 5) is 33.9. The predicted molar refractivity (Wildman–Crippen MR) is 159 cm³/mol. The minimum atomic E-state index is -4.99. The van der Waals surface area contributed by atoms with Gasteiger partial charge in [0.2, 0.25) is 0 Å². The van der Waals surface area contributed by atoms with Crippen LogP contribution in [-0.2, 0) is 17.5 Å². The zero-order valence-corrected chi connectivity index (χ0v) is 26.1. The molecule has 2 aliphatic rings. The average Bonchev–Trinajstić information content (AvgIpc) is 3.06. The van der Waals surface area contributed by atoms with Crippen LogP contribution in [0.2, 0.25) is 5.02 Å². The molecule has 8 nitrogen and oxygen atoms in total. The lowest BCUT2D eigenvalue weighted by Crippen LogP contribution is -2.59. The Morgan fingerprint density at radius 2 is 1.70 bits per heavy atom. The molecule has 3 atom stereocenters. The van der Waals surface area contributed by atoms with E-state index in [1.54, 1.807) is 44.4 Å². The number of hydrogen-bond acceptors (Lipinski definition) is 7. The first kappa shape index (κ1) is 32.3. The summed E-state index contributed by atoms with van der Waals surface area (Å²) in [6.07, 6.45) is -5.52. The number of carbonyl (C=O) groups is 1. The molecular weight excluding hydrogens is 629 g/mol. The summed E-state index contributed by atoms with van der Waals surface area (Å²) < 4.78 is 80.5. The van der Waals surface area contributed by atoms with E-state index in [2.05, 4.69) is 4.98 Å². The number of hydrogen-bond donors (Lipinski definition) is 1. The lowest BCUT2D eigenvalue weighted by molar-refractivity contribution is -0.137. The minimum absolute atomic E-state index is 0.00392. The van der Waals surface area contributed by atoms with Crippen molar-refractivity contribution in [1.29, 1.82) is 0 Å². The molecule has 1 fully saturated rings. The van der Waals surface area contributed by atoms with E-state index >= 15 is 4.39 Å². The van der Waals surface area contributed by atoms with Crippen molar-refractivity contribution in [3.05, 3.63) is 50.9 Å². The smallest absolute Gasteiger partial charge is 0.417 e. The third-order valence-corrected chi connectivity index (χ3v) is 9.04. The van der Waals surface area contributed by atoms with Gasteiger partial charge in [0.05, 0.1) is 28.2 Å². The number of amides is 1. The van der Waals surface area contributed by atoms with Gasteiger partial charge in [0.25, 0.3) is 0 Å². The van der Waals surface area contributed by atoms with Crippen LogP contribution in [0.15, 0.2) is 27.9 Å². The van der Waals surface area contributed by atoms with Gasteiger partial charge in [-0.2, -0.15) is 18.2 Å². The highest BCUT2D eigenvalue weighted by atomic mass is 35.5. The standard InChI is InChI=1S/C29H31ClF5N5O3S/c1-13-9-38(10-14(2)40(13)27(42)43-28(3,4)5)25-17-6-18(29(33,34)35)22(16-7-19(30)21(32)8-20(16)31)24-23(17)39(26(41)37-25)11-15(36)12-44-24/h6-8,13-15H,9-12,36H2,1-5H3/t13-,14+,15-/m0/s1. The van der Waals surface area contributed by atoms with E-state index in [4.69, 9.17) is 22.1 Å². The quantitative estimate of drug-likeness (QED) is 0.256. The predicted octanol–water partition coefficient (Wildman–Crippen LogP) is 6.28. The summed E-state index contributed by atoms with van der Waals surface area (Å²) in [5.74, 6) is -2.26. The third-order valence-electron chi connectivity index (χ3n) is 7.46. The Bertz CT molecular complexity index is 1700. The molecule has 238 valence electrons. The van der Waals surface area contributed by atoms with E-state index in [1.807, 2.05) is 0 Å². The number of piperazine rings is 1. The zero-order valence-electron chi connectivity index (χ0n) is 24.6. The second kappa shape index (κ2) is 11.4. The summed E-state index contributed by atoms with van der Waals surface area (Å²) in [6.45, 7) is 9.01. The van der Waals surface area contributed by atoms with Gasteiger partial charge in [0, 0.05) is 58.9 Å². The van der Waals surface area contributed by atoms with Gasteiger partial charge in [-0.05, 0) is 46.8 Å². The van der Waals surface area contributed by atoms with E-state index in [0.29, 0.717) is 6.07 Å². The monoisotopic (exact) mass is 659 g/mol. The van der Waals surface area contributed by atoms with Gasteiger partial charge in [-0.15, -0.1) is 11.8 Å². The molecule has 5 rings (SSSR count).